The van der Waals surface area contributed by atoms with E-state index in [1.54, 1.807) is 6.07 Å². The fourth-order valence-corrected chi connectivity index (χ4v) is 6.44. The van der Waals surface area contributed by atoms with Crippen molar-refractivity contribution in [3.8, 4) is 11.5 Å². The van der Waals surface area contributed by atoms with Gasteiger partial charge in [0.1, 0.15) is 11.4 Å². The predicted octanol–water partition coefficient (Wildman–Crippen LogP) is 7.61. The SMILES string of the molecule is CCN(CC)c1ccc2c3c(ccc2c1)N(NC(N)=O)C(=O)c1ccccc1Cc1ccc2cccc(N(CC)CC)c2c1O3. The number of nitrogens with two attached hydrogens (primary N) is 1. The van der Waals surface area contributed by atoms with Gasteiger partial charge >= 0.3 is 6.03 Å². The first-order chi connectivity index (χ1) is 21.9. The maximum Gasteiger partial charge on any atom is 0.331 e. The lowest BCUT2D eigenvalue weighted by Crippen LogP contribution is -2.49. The lowest BCUT2D eigenvalue weighted by molar-refractivity contribution is 0.0974. The number of carbonyl (C=O) groups excluding carboxylic acids is 2. The van der Waals surface area contributed by atoms with E-state index < -0.39 is 11.9 Å². The summed E-state index contributed by atoms with van der Waals surface area (Å²) in [7, 11) is 0. The Morgan fingerprint density at radius 3 is 2.27 bits per heavy atom. The minimum Gasteiger partial charge on any atom is -0.453 e. The number of rotatable bonds is 7. The van der Waals surface area contributed by atoms with Crippen LogP contribution in [0.2, 0.25) is 0 Å². The monoisotopic (exact) mass is 601 g/mol. The molecule has 3 N–H and O–H groups in total. The van der Waals surface area contributed by atoms with Gasteiger partial charge in [0.05, 0.1) is 0 Å². The molecular weight excluding hydrogens is 562 g/mol. The van der Waals surface area contributed by atoms with Gasteiger partial charge in [0.15, 0.2) is 5.75 Å². The largest absolute Gasteiger partial charge is 0.453 e. The Morgan fingerprint density at radius 1 is 0.800 bits per heavy atom. The number of amides is 3. The second kappa shape index (κ2) is 12.4. The number of hydrogen-bond acceptors (Lipinski definition) is 5. The summed E-state index contributed by atoms with van der Waals surface area (Å²) in [6, 6.07) is 27.2. The molecule has 0 radical (unpaired) electrons. The zero-order chi connectivity index (χ0) is 31.7. The van der Waals surface area contributed by atoms with Crippen molar-refractivity contribution in [2.45, 2.75) is 34.1 Å². The molecule has 0 bridgehead atoms. The Labute approximate surface area is 263 Å². The number of fused-ring (bicyclic) bond motifs is 7. The smallest absolute Gasteiger partial charge is 0.331 e. The number of hydrogen-bond donors (Lipinski definition) is 2. The van der Waals surface area contributed by atoms with Gasteiger partial charge in [0.2, 0.25) is 0 Å². The summed E-state index contributed by atoms with van der Waals surface area (Å²) in [5.74, 6) is 0.782. The summed E-state index contributed by atoms with van der Waals surface area (Å²) in [6.45, 7) is 12.0. The summed E-state index contributed by atoms with van der Waals surface area (Å²) < 4.78 is 7.13. The van der Waals surface area contributed by atoms with Gasteiger partial charge in [-0.05, 0) is 86.0 Å². The zero-order valence-electron chi connectivity index (χ0n) is 26.3. The van der Waals surface area contributed by atoms with Gasteiger partial charge in [-0.15, -0.1) is 0 Å². The molecule has 1 heterocycles. The molecular formula is C37H39N5O3. The molecule has 8 heteroatoms. The van der Waals surface area contributed by atoms with E-state index in [0.717, 1.165) is 76.0 Å². The van der Waals surface area contributed by atoms with E-state index >= 15 is 0 Å². The zero-order valence-corrected chi connectivity index (χ0v) is 26.3. The van der Waals surface area contributed by atoms with Crippen LogP contribution in [0.1, 0.15) is 49.2 Å². The van der Waals surface area contributed by atoms with Crippen molar-refractivity contribution >= 4 is 50.5 Å². The van der Waals surface area contributed by atoms with Gasteiger partial charge in [-0.3, -0.25) is 4.79 Å². The third-order valence-corrected chi connectivity index (χ3v) is 8.72. The second-order valence-corrected chi connectivity index (χ2v) is 11.1. The van der Waals surface area contributed by atoms with Crippen molar-refractivity contribution < 1.29 is 14.3 Å². The van der Waals surface area contributed by atoms with E-state index in [0.29, 0.717) is 23.4 Å². The maximum atomic E-state index is 14.2. The van der Waals surface area contributed by atoms with Crippen LogP contribution in [0.25, 0.3) is 21.5 Å². The molecule has 45 heavy (non-hydrogen) atoms. The summed E-state index contributed by atoms with van der Waals surface area (Å²) in [6.07, 6.45) is 0.455. The van der Waals surface area contributed by atoms with Crippen LogP contribution < -0.4 is 30.7 Å². The van der Waals surface area contributed by atoms with Crippen LogP contribution >= 0.6 is 0 Å². The second-order valence-electron chi connectivity index (χ2n) is 11.1. The van der Waals surface area contributed by atoms with Gasteiger partial charge < -0.3 is 20.3 Å². The molecule has 0 saturated carbocycles. The Hall–Kier alpha value is -5.24. The number of urea groups is 1. The maximum absolute atomic E-state index is 14.2. The molecule has 3 amide bonds. The number of benzene rings is 5. The lowest BCUT2D eigenvalue weighted by atomic mass is 9.94. The van der Waals surface area contributed by atoms with Crippen molar-refractivity contribution in [3.05, 3.63) is 102 Å². The number of nitrogens with zero attached hydrogens (tertiary/aromatic N) is 3. The highest BCUT2D eigenvalue weighted by atomic mass is 16.5. The first-order valence-corrected chi connectivity index (χ1v) is 15.7. The molecule has 0 aromatic heterocycles. The van der Waals surface area contributed by atoms with Gasteiger partial charge in [-0.1, -0.05) is 48.5 Å². The van der Waals surface area contributed by atoms with Crippen LogP contribution in [0, 0.1) is 0 Å². The Bertz CT molecular complexity index is 1910. The van der Waals surface area contributed by atoms with E-state index in [2.05, 4.69) is 85.4 Å². The average Bonchev–Trinajstić information content (AvgIpc) is 3.05. The van der Waals surface area contributed by atoms with Gasteiger partial charge in [-0.2, -0.15) is 0 Å². The van der Waals surface area contributed by atoms with Crippen LogP contribution in [0.15, 0.2) is 84.9 Å². The van der Waals surface area contributed by atoms with Crippen LogP contribution in [-0.2, 0) is 6.42 Å². The number of primary amides is 1. The molecule has 1 aliphatic heterocycles. The standard InChI is InChI=1S/C37H39N5O3/c1-5-40(6-2)28-19-20-29-26(23-28)18-21-32-35(29)45-34-27(17-16-24-13-11-15-31(33(24)34)41(7-3)8-4)22-25-12-9-10-14-30(25)36(43)42(32)39-37(38)44/h9-21,23H,5-8,22H2,1-4H3,(H3,38,39,44). The third-order valence-electron chi connectivity index (χ3n) is 8.72. The molecule has 0 aliphatic carbocycles. The van der Waals surface area contributed by atoms with E-state index in [1.807, 2.05) is 36.4 Å². The van der Waals surface area contributed by atoms with Crippen molar-refractivity contribution in [3.63, 3.8) is 0 Å². The molecule has 0 spiro atoms. The van der Waals surface area contributed by atoms with Crippen molar-refractivity contribution in [2.75, 3.05) is 41.0 Å². The molecule has 230 valence electrons. The number of hydrazine groups is 1. The molecule has 0 atom stereocenters. The summed E-state index contributed by atoms with van der Waals surface area (Å²) in [5, 5.41) is 5.03. The number of nitrogens with one attached hydrogen (secondary N) is 1. The minimum atomic E-state index is -0.851. The summed E-state index contributed by atoms with van der Waals surface area (Å²) in [5.41, 5.74) is 13.1. The Morgan fingerprint density at radius 2 is 1.53 bits per heavy atom. The van der Waals surface area contributed by atoms with Crippen molar-refractivity contribution in [2.24, 2.45) is 5.73 Å². The molecule has 0 saturated heterocycles. The molecule has 0 unspecified atom stereocenters. The topological polar surface area (TPSA) is 91.1 Å². The third kappa shape index (κ3) is 5.37. The molecule has 6 rings (SSSR count). The number of ether oxygens (including phenoxy) is 1. The molecule has 1 aliphatic rings. The Kier molecular flexibility index (Phi) is 8.22. The molecule has 8 nitrogen and oxygen atoms in total. The minimum absolute atomic E-state index is 0.391. The van der Waals surface area contributed by atoms with Gasteiger partial charge in [-0.25, -0.2) is 15.2 Å². The number of anilines is 3. The first kappa shape index (κ1) is 29.8. The number of carbonyl (C=O) groups is 2. The molecule has 0 fully saturated rings. The molecule has 5 aromatic carbocycles. The predicted molar refractivity (Wildman–Crippen MR) is 184 cm³/mol. The van der Waals surface area contributed by atoms with Crippen LogP contribution in [0.5, 0.6) is 11.5 Å². The summed E-state index contributed by atoms with van der Waals surface area (Å²) >= 11 is 0. The average molecular weight is 602 g/mol. The summed E-state index contributed by atoms with van der Waals surface area (Å²) in [4.78, 5) is 31.2. The quantitative estimate of drug-likeness (QED) is 0.200. The van der Waals surface area contributed by atoms with Gasteiger partial charge in [0, 0.05) is 60.3 Å². The van der Waals surface area contributed by atoms with Gasteiger partial charge in [0.25, 0.3) is 5.91 Å². The Balaban J connectivity index is 1.71. The van der Waals surface area contributed by atoms with Crippen LogP contribution in [-0.4, -0.2) is 38.1 Å². The fourth-order valence-electron chi connectivity index (χ4n) is 6.44. The highest BCUT2D eigenvalue weighted by Gasteiger charge is 2.29. The lowest BCUT2D eigenvalue weighted by Gasteiger charge is -2.30. The molecule has 5 aromatic rings. The van der Waals surface area contributed by atoms with Crippen LogP contribution in [0.4, 0.5) is 21.9 Å². The van der Waals surface area contributed by atoms with Crippen molar-refractivity contribution in [1.82, 2.24) is 5.43 Å². The van der Waals surface area contributed by atoms with E-state index in [4.69, 9.17) is 10.5 Å². The highest BCUT2D eigenvalue weighted by Crippen LogP contribution is 2.46. The van der Waals surface area contributed by atoms with E-state index in [1.165, 1.54) is 5.01 Å². The normalized spacial score (nSPS) is 12.6. The van der Waals surface area contributed by atoms with E-state index in [9.17, 15) is 9.59 Å². The van der Waals surface area contributed by atoms with E-state index in [-0.39, 0.29) is 0 Å². The fraction of sp³-hybridized carbons (Fsp3) is 0.243. The highest BCUT2D eigenvalue weighted by molar-refractivity contribution is 6.11. The van der Waals surface area contributed by atoms with Crippen molar-refractivity contribution in [1.29, 1.82) is 0 Å². The first-order valence-electron chi connectivity index (χ1n) is 15.7. The van der Waals surface area contributed by atoms with Crippen LogP contribution in [0.3, 0.4) is 0 Å².